The molecule has 0 amide bonds. The van der Waals surface area contributed by atoms with Crippen molar-refractivity contribution in [2.45, 2.75) is 15.2 Å². The van der Waals surface area contributed by atoms with Crippen molar-refractivity contribution >= 4 is 44.3 Å². The summed E-state index contributed by atoms with van der Waals surface area (Å²) in [5.74, 6) is 0. The lowest BCUT2D eigenvalue weighted by atomic mass is 9.67. The topological polar surface area (TPSA) is 28.7 Å². The lowest BCUT2D eigenvalue weighted by Gasteiger charge is -2.40. The van der Waals surface area contributed by atoms with Gasteiger partial charge in [0, 0.05) is 26.3 Å². The number of nitrogens with zero attached hydrogens (tertiary/aromatic N) is 2. The second-order valence-corrected chi connectivity index (χ2v) is 13.0. The second kappa shape index (κ2) is 8.99. The van der Waals surface area contributed by atoms with E-state index in [2.05, 4.69) is 144 Å². The van der Waals surface area contributed by atoms with Crippen molar-refractivity contribution in [3.05, 3.63) is 173 Å². The van der Waals surface area contributed by atoms with Gasteiger partial charge in [0.1, 0.15) is 0 Å². The summed E-state index contributed by atoms with van der Waals surface area (Å²) in [4.78, 5) is 2.61. The Labute approximate surface area is 264 Å². The van der Waals surface area contributed by atoms with E-state index in [9.17, 15) is 5.26 Å². The highest BCUT2D eigenvalue weighted by atomic mass is 32.2. The molecule has 0 saturated carbocycles. The van der Waals surface area contributed by atoms with E-state index < -0.39 is 5.41 Å². The summed E-state index contributed by atoms with van der Waals surface area (Å²) in [5, 5.41) is 14.5. The predicted molar refractivity (Wildman–Crippen MR) is 184 cm³/mol. The van der Waals surface area contributed by atoms with Crippen LogP contribution >= 0.6 is 11.8 Å². The fraction of sp³-hybridized carbons (Fsp3) is 0.0238. The molecule has 2 aliphatic rings. The fourth-order valence-corrected chi connectivity index (χ4v) is 9.48. The molecule has 8 aromatic rings. The van der Waals surface area contributed by atoms with E-state index in [4.69, 9.17) is 0 Å². The van der Waals surface area contributed by atoms with Crippen molar-refractivity contribution in [2.75, 3.05) is 0 Å². The van der Waals surface area contributed by atoms with Crippen molar-refractivity contribution in [1.82, 2.24) is 4.57 Å². The smallest absolute Gasteiger partial charge is 0.0991 e. The first-order valence-electron chi connectivity index (χ1n) is 15.3. The molecule has 1 spiro atoms. The maximum atomic E-state index is 9.51. The van der Waals surface area contributed by atoms with Gasteiger partial charge in [-0.2, -0.15) is 5.26 Å². The van der Waals surface area contributed by atoms with Crippen molar-refractivity contribution in [3.63, 3.8) is 0 Å². The molecule has 0 fully saturated rings. The number of benzene rings is 7. The minimum atomic E-state index is -0.425. The van der Waals surface area contributed by atoms with E-state index in [1.165, 1.54) is 75.7 Å². The maximum absolute atomic E-state index is 9.51. The van der Waals surface area contributed by atoms with Gasteiger partial charge in [-0.3, -0.25) is 0 Å². The van der Waals surface area contributed by atoms with Crippen LogP contribution in [0.5, 0.6) is 0 Å². The summed E-state index contributed by atoms with van der Waals surface area (Å²) in [6, 6.07) is 55.2. The van der Waals surface area contributed by atoms with Gasteiger partial charge >= 0.3 is 0 Å². The number of aromatic nitrogens is 1. The van der Waals surface area contributed by atoms with E-state index in [1.807, 2.05) is 23.9 Å². The van der Waals surface area contributed by atoms with Crippen LogP contribution in [0.2, 0.25) is 0 Å². The summed E-state index contributed by atoms with van der Waals surface area (Å²) < 4.78 is 2.38. The predicted octanol–water partition coefficient (Wildman–Crippen LogP) is 10.6. The quantitative estimate of drug-likeness (QED) is 0.191. The zero-order valence-electron chi connectivity index (χ0n) is 24.2. The third-order valence-corrected chi connectivity index (χ3v) is 11.1. The number of hydrogen-bond donors (Lipinski definition) is 0. The van der Waals surface area contributed by atoms with E-state index in [0.717, 1.165) is 5.69 Å². The van der Waals surface area contributed by atoms with Crippen LogP contribution < -0.4 is 0 Å². The standard InChI is InChI=1S/C42H24N2S/c43-25-26-17-20-28(21-18-26)44-36-23-19-27-9-1-2-10-29(27)39(36)40-37(44)24-22-35-41(40)45-38-16-8-7-15-34(38)42(35)32-13-5-3-11-30(32)31-12-4-6-14-33(31)42/h1-24H. The van der Waals surface area contributed by atoms with Crippen LogP contribution in [0.15, 0.2) is 155 Å². The lowest BCUT2D eigenvalue weighted by Crippen LogP contribution is -2.32. The Balaban J connectivity index is 1.42. The Morgan fingerprint density at radius 2 is 1.16 bits per heavy atom. The van der Waals surface area contributed by atoms with Crippen LogP contribution in [-0.2, 0) is 5.41 Å². The first kappa shape index (κ1) is 24.8. The number of fused-ring (bicyclic) bond motifs is 15. The van der Waals surface area contributed by atoms with Gasteiger partial charge in [-0.05, 0) is 86.6 Å². The third kappa shape index (κ3) is 3.09. The summed E-state index contributed by atoms with van der Waals surface area (Å²) >= 11 is 1.90. The van der Waals surface area contributed by atoms with Gasteiger partial charge in [0.25, 0.3) is 0 Å². The van der Waals surface area contributed by atoms with Crippen molar-refractivity contribution < 1.29 is 0 Å². The molecule has 45 heavy (non-hydrogen) atoms. The summed E-state index contributed by atoms with van der Waals surface area (Å²) in [5.41, 5.74) is 11.6. The average molecular weight is 589 g/mol. The second-order valence-electron chi connectivity index (χ2n) is 12.0. The normalized spacial score (nSPS) is 13.8. The largest absolute Gasteiger partial charge is 0.309 e. The molecule has 2 heterocycles. The third-order valence-electron chi connectivity index (χ3n) is 9.89. The van der Waals surface area contributed by atoms with Crippen molar-refractivity contribution in [1.29, 1.82) is 5.26 Å². The van der Waals surface area contributed by atoms with E-state index in [1.54, 1.807) is 0 Å². The van der Waals surface area contributed by atoms with Crippen LogP contribution in [0, 0.1) is 11.3 Å². The Morgan fingerprint density at radius 1 is 0.533 bits per heavy atom. The molecule has 0 bridgehead atoms. The van der Waals surface area contributed by atoms with Crippen molar-refractivity contribution in [3.8, 4) is 22.9 Å². The highest BCUT2D eigenvalue weighted by Crippen LogP contribution is 2.63. The molecule has 0 unspecified atom stereocenters. The zero-order valence-corrected chi connectivity index (χ0v) is 25.0. The highest BCUT2D eigenvalue weighted by Gasteiger charge is 2.50. The molecule has 1 aliphatic heterocycles. The highest BCUT2D eigenvalue weighted by molar-refractivity contribution is 7.99. The molecule has 1 aliphatic carbocycles. The summed E-state index contributed by atoms with van der Waals surface area (Å²) in [7, 11) is 0. The van der Waals surface area contributed by atoms with Gasteiger partial charge in [0.05, 0.1) is 28.1 Å². The zero-order chi connectivity index (χ0) is 29.7. The van der Waals surface area contributed by atoms with Gasteiger partial charge in [0.15, 0.2) is 0 Å². The molecule has 10 rings (SSSR count). The Kier molecular flexibility index (Phi) is 4.96. The van der Waals surface area contributed by atoms with Gasteiger partial charge in [-0.25, -0.2) is 0 Å². The molecule has 0 radical (unpaired) electrons. The van der Waals surface area contributed by atoms with Gasteiger partial charge in [0.2, 0.25) is 0 Å². The van der Waals surface area contributed by atoms with Crippen LogP contribution in [0.3, 0.4) is 0 Å². The SMILES string of the molecule is N#Cc1ccc(-n2c3ccc4c(c3c3c5ccccc5ccc32)Sc2ccccc2C42c3ccccc3-c3ccccc32)cc1. The monoisotopic (exact) mass is 588 g/mol. The van der Waals surface area contributed by atoms with Gasteiger partial charge in [-0.1, -0.05) is 115 Å². The minimum absolute atomic E-state index is 0.425. The number of rotatable bonds is 1. The molecule has 208 valence electrons. The van der Waals surface area contributed by atoms with Crippen LogP contribution in [0.1, 0.15) is 27.8 Å². The van der Waals surface area contributed by atoms with Gasteiger partial charge in [-0.15, -0.1) is 0 Å². The summed E-state index contributed by atoms with van der Waals surface area (Å²) in [6.45, 7) is 0. The molecule has 0 saturated heterocycles. The van der Waals surface area contributed by atoms with E-state index in [0.29, 0.717) is 5.56 Å². The lowest BCUT2D eigenvalue weighted by molar-refractivity contribution is 0.726. The molecular weight excluding hydrogens is 565 g/mol. The minimum Gasteiger partial charge on any atom is -0.309 e. The van der Waals surface area contributed by atoms with Gasteiger partial charge < -0.3 is 4.57 Å². The first-order valence-corrected chi connectivity index (χ1v) is 16.1. The Morgan fingerprint density at radius 3 is 1.91 bits per heavy atom. The molecule has 1 aromatic heterocycles. The molecule has 7 aromatic carbocycles. The summed E-state index contributed by atoms with van der Waals surface area (Å²) in [6.07, 6.45) is 0. The Bertz CT molecular complexity index is 2540. The molecule has 0 N–H and O–H groups in total. The van der Waals surface area contributed by atoms with Crippen molar-refractivity contribution in [2.24, 2.45) is 0 Å². The van der Waals surface area contributed by atoms with E-state index >= 15 is 0 Å². The fourth-order valence-electron chi connectivity index (χ4n) is 8.14. The molecule has 0 atom stereocenters. The molecule has 2 nitrogen and oxygen atoms in total. The average Bonchev–Trinajstić information content (AvgIpc) is 3.60. The Hall–Kier alpha value is -5.56. The molecular formula is C42H24N2S. The maximum Gasteiger partial charge on any atom is 0.0991 e. The van der Waals surface area contributed by atoms with E-state index in [-0.39, 0.29) is 0 Å². The van der Waals surface area contributed by atoms with Crippen LogP contribution in [0.4, 0.5) is 0 Å². The van der Waals surface area contributed by atoms with Crippen LogP contribution in [0.25, 0.3) is 49.4 Å². The number of hydrogen-bond acceptors (Lipinski definition) is 2. The van der Waals surface area contributed by atoms with Crippen LogP contribution in [-0.4, -0.2) is 4.57 Å². The molecule has 3 heteroatoms. The first-order chi connectivity index (χ1) is 22.3. The number of nitriles is 1.